The van der Waals surface area contributed by atoms with Crippen LogP contribution in [0, 0.1) is 0 Å². The van der Waals surface area contributed by atoms with Crippen LogP contribution in [0.5, 0.6) is 11.5 Å². The fourth-order valence-electron chi connectivity index (χ4n) is 1.89. The van der Waals surface area contributed by atoms with Gasteiger partial charge in [0.2, 0.25) is 5.95 Å². The molecule has 1 saturated heterocycles. The van der Waals surface area contributed by atoms with E-state index in [1.165, 1.54) is 12.4 Å². The van der Waals surface area contributed by atoms with E-state index in [1.54, 1.807) is 0 Å². The third-order valence-corrected chi connectivity index (χ3v) is 2.95. The number of benzene rings is 1. The van der Waals surface area contributed by atoms with Crippen LogP contribution in [0.1, 0.15) is 0 Å². The Morgan fingerprint density at radius 1 is 1.14 bits per heavy atom. The highest BCUT2D eigenvalue weighted by Gasteiger charge is 2.23. The van der Waals surface area contributed by atoms with Crippen molar-refractivity contribution in [3.63, 3.8) is 0 Å². The molecule has 1 fully saturated rings. The van der Waals surface area contributed by atoms with E-state index in [0.29, 0.717) is 24.7 Å². The number of carbonyl (C=O) groups excluding carboxylic acids is 1. The third kappa shape index (κ3) is 3.78. The summed E-state index contributed by atoms with van der Waals surface area (Å²) in [5.74, 6) is 1.05. The molecule has 22 heavy (non-hydrogen) atoms. The van der Waals surface area contributed by atoms with Gasteiger partial charge in [-0.15, -0.1) is 0 Å². The van der Waals surface area contributed by atoms with Crippen molar-refractivity contribution >= 4 is 11.9 Å². The van der Waals surface area contributed by atoms with Crippen LogP contribution in [-0.2, 0) is 14.3 Å². The van der Waals surface area contributed by atoms with Crippen LogP contribution >= 0.6 is 0 Å². The topological polar surface area (TPSA) is 82.6 Å². The summed E-state index contributed by atoms with van der Waals surface area (Å²) in [5, 5.41) is 2.58. The van der Waals surface area contributed by atoms with E-state index in [-0.39, 0.29) is 18.5 Å². The molecule has 0 saturated carbocycles. The Labute approximate surface area is 127 Å². The molecule has 7 heteroatoms. The van der Waals surface area contributed by atoms with Gasteiger partial charge in [0.25, 0.3) is 5.91 Å². The Morgan fingerprint density at radius 3 is 2.59 bits per heavy atom. The molecule has 2 aromatic rings. The molecule has 1 atom stereocenters. The summed E-state index contributed by atoms with van der Waals surface area (Å²) in [7, 11) is 0. The molecule has 0 bridgehead atoms. The minimum absolute atomic E-state index is 0.194. The average molecular weight is 301 g/mol. The zero-order chi connectivity index (χ0) is 15.2. The number of carbonyl (C=O) groups is 1. The van der Waals surface area contributed by atoms with Crippen LogP contribution < -0.4 is 10.1 Å². The highest BCUT2D eigenvalue weighted by atomic mass is 16.6. The van der Waals surface area contributed by atoms with Crippen LogP contribution in [0.25, 0.3) is 0 Å². The summed E-state index contributed by atoms with van der Waals surface area (Å²) in [6.07, 6.45) is 2.36. The number of amides is 1. The van der Waals surface area contributed by atoms with E-state index in [2.05, 4.69) is 15.3 Å². The van der Waals surface area contributed by atoms with Crippen LogP contribution in [0.3, 0.4) is 0 Å². The number of hydrogen-bond acceptors (Lipinski definition) is 6. The molecule has 2 heterocycles. The molecular weight excluding hydrogens is 286 g/mol. The minimum atomic E-state index is -0.627. The second-order valence-corrected chi connectivity index (χ2v) is 4.58. The van der Waals surface area contributed by atoms with E-state index in [0.717, 1.165) is 0 Å². The van der Waals surface area contributed by atoms with Crippen molar-refractivity contribution in [2.75, 3.05) is 25.1 Å². The van der Waals surface area contributed by atoms with Crippen molar-refractivity contribution in [1.82, 2.24) is 9.97 Å². The summed E-state index contributed by atoms with van der Waals surface area (Å²) in [4.78, 5) is 20.0. The summed E-state index contributed by atoms with van der Waals surface area (Å²) in [6.45, 7) is 1.15. The number of aromatic nitrogens is 2. The number of hydrogen-bond donors (Lipinski definition) is 1. The molecule has 114 valence electrons. The van der Waals surface area contributed by atoms with Gasteiger partial charge in [-0.2, -0.15) is 0 Å². The molecule has 1 amide bonds. The quantitative estimate of drug-likeness (QED) is 0.924. The predicted octanol–water partition coefficient (Wildman–Crippen LogP) is 1.62. The van der Waals surface area contributed by atoms with Crippen LogP contribution in [0.4, 0.5) is 5.95 Å². The van der Waals surface area contributed by atoms with Gasteiger partial charge >= 0.3 is 0 Å². The van der Waals surface area contributed by atoms with Crippen LogP contribution in [0.2, 0.25) is 0 Å². The zero-order valence-electron chi connectivity index (χ0n) is 11.8. The number of para-hydroxylation sites is 1. The maximum Gasteiger partial charge on any atom is 0.258 e. The zero-order valence-corrected chi connectivity index (χ0v) is 11.8. The summed E-state index contributed by atoms with van der Waals surface area (Å²) < 4.78 is 16.0. The Balaban J connectivity index is 1.58. The second kappa shape index (κ2) is 6.97. The molecular formula is C15H15N3O4. The highest BCUT2D eigenvalue weighted by Crippen LogP contribution is 2.19. The Morgan fingerprint density at radius 2 is 1.91 bits per heavy atom. The normalized spacial score (nSPS) is 17.7. The predicted molar refractivity (Wildman–Crippen MR) is 77.7 cm³/mol. The SMILES string of the molecule is O=C(Nc1ncc(Oc2ccccc2)cn1)C1COCCO1. The smallest absolute Gasteiger partial charge is 0.258 e. The number of ether oxygens (including phenoxy) is 3. The lowest BCUT2D eigenvalue weighted by atomic mass is 10.3. The lowest BCUT2D eigenvalue weighted by Crippen LogP contribution is -2.39. The first-order valence-corrected chi connectivity index (χ1v) is 6.86. The van der Waals surface area contributed by atoms with Crippen molar-refractivity contribution in [3.05, 3.63) is 42.7 Å². The van der Waals surface area contributed by atoms with E-state index in [9.17, 15) is 4.79 Å². The van der Waals surface area contributed by atoms with E-state index < -0.39 is 6.10 Å². The van der Waals surface area contributed by atoms with Gasteiger partial charge in [0.1, 0.15) is 5.75 Å². The average Bonchev–Trinajstić information content (AvgIpc) is 2.58. The largest absolute Gasteiger partial charge is 0.454 e. The summed E-state index contributed by atoms with van der Waals surface area (Å²) >= 11 is 0. The fourth-order valence-corrected chi connectivity index (χ4v) is 1.89. The lowest BCUT2D eigenvalue weighted by Gasteiger charge is -2.21. The Bertz CT molecular complexity index is 612. The van der Waals surface area contributed by atoms with Crippen LogP contribution in [0.15, 0.2) is 42.7 Å². The van der Waals surface area contributed by atoms with Crippen molar-refractivity contribution in [2.45, 2.75) is 6.10 Å². The molecule has 1 unspecified atom stereocenters. The third-order valence-electron chi connectivity index (χ3n) is 2.95. The highest BCUT2D eigenvalue weighted by molar-refractivity contribution is 5.92. The number of nitrogens with zero attached hydrogens (tertiary/aromatic N) is 2. The second-order valence-electron chi connectivity index (χ2n) is 4.58. The van der Waals surface area contributed by atoms with Gasteiger partial charge in [0.05, 0.1) is 32.2 Å². The van der Waals surface area contributed by atoms with Crippen molar-refractivity contribution < 1.29 is 19.0 Å². The van der Waals surface area contributed by atoms with Crippen LogP contribution in [-0.4, -0.2) is 41.8 Å². The van der Waals surface area contributed by atoms with Crippen molar-refractivity contribution in [2.24, 2.45) is 0 Å². The number of nitrogens with one attached hydrogen (secondary N) is 1. The monoisotopic (exact) mass is 301 g/mol. The minimum Gasteiger partial charge on any atom is -0.454 e. The van der Waals surface area contributed by atoms with Crippen molar-refractivity contribution in [3.8, 4) is 11.5 Å². The van der Waals surface area contributed by atoms with Gasteiger partial charge in [-0.05, 0) is 12.1 Å². The molecule has 0 aliphatic carbocycles. The fraction of sp³-hybridized carbons (Fsp3) is 0.267. The molecule has 1 aromatic carbocycles. The Hall–Kier alpha value is -2.51. The molecule has 1 aromatic heterocycles. The van der Waals surface area contributed by atoms with Crippen molar-refractivity contribution in [1.29, 1.82) is 0 Å². The molecule has 0 spiro atoms. The van der Waals surface area contributed by atoms with E-state index in [1.807, 2.05) is 30.3 Å². The van der Waals surface area contributed by atoms with Gasteiger partial charge in [-0.3, -0.25) is 10.1 Å². The molecule has 7 nitrogen and oxygen atoms in total. The van der Waals surface area contributed by atoms with E-state index in [4.69, 9.17) is 14.2 Å². The molecule has 3 rings (SSSR count). The molecule has 1 aliphatic heterocycles. The summed E-state index contributed by atoms with van der Waals surface area (Å²) in [6, 6.07) is 9.30. The van der Waals surface area contributed by atoms with Gasteiger partial charge in [0, 0.05) is 0 Å². The number of rotatable bonds is 4. The van der Waals surface area contributed by atoms with Gasteiger partial charge in [-0.1, -0.05) is 18.2 Å². The molecule has 1 aliphatic rings. The summed E-state index contributed by atoms with van der Waals surface area (Å²) in [5.41, 5.74) is 0. The first kappa shape index (κ1) is 14.4. The van der Waals surface area contributed by atoms with Gasteiger partial charge in [0.15, 0.2) is 11.9 Å². The Kier molecular flexibility index (Phi) is 4.57. The first-order valence-electron chi connectivity index (χ1n) is 6.86. The maximum absolute atomic E-state index is 11.9. The lowest BCUT2D eigenvalue weighted by molar-refractivity contribution is -0.142. The standard InChI is InChI=1S/C15H15N3O4/c19-14(13-10-20-6-7-21-13)18-15-16-8-12(9-17-15)22-11-4-2-1-3-5-11/h1-5,8-9,13H,6-7,10H2,(H,16,17,18,19). The molecule has 1 N–H and O–H groups in total. The van der Waals surface area contributed by atoms with Gasteiger partial charge in [-0.25, -0.2) is 9.97 Å². The van der Waals surface area contributed by atoms with Gasteiger partial charge < -0.3 is 14.2 Å². The molecule has 0 radical (unpaired) electrons. The van der Waals surface area contributed by atoms with E-state index >= 15 is 0 Å². The number of anilines is 1. The first-order chi connectivity index (χ1) is 10.8. The maximum atomic E-state index is 11.9.